The molecule has 0 aliphatic heterocycles. The van der Waals surface area contributed by atoms with Gasteiger partial charge >= 0.3 is 5.97 Å². The number of amides is 1. The van der Waals surface area contributed by atoms with Crippen molar-refractivity contribution in [2.45, 2.75) is 212 Å². The van der Waals surface area contributed by atoms with Crippen LogP contribution in [-0.2, 0) is 14.3 Å². The van der Waals surface area contributed by atoms with E-state index in [0.717, 1.165) is 64.2 Å². The summed E-state index contributed by atoms with van der Waals surface area (Å²) in [6, 6.07) is -0.744. The summed E-state index contributed by atoms with van der Waals surface area (Å²) in [7, 11) is 0. The molecule has 0 heterocycles. The third kappa shape index (κ3) is 42.9. The summed E-state index contributed by atoms with van der Waals surface area (Å²) in [5.41, 5.74) is 0. The highest BCUT2D eigenvalue weighted by atomic mass is 16.5. The number of rotatable bonds is 42. The molecule has 0 aromatic heterocycles. The number of nitrogens with one attached hydrogen (secondary N) is 1. The molecule has 6 heteroatoms. The minimum Gasteiger partial charge on any atom is -0.462 e. The molecule has 0 saturated heterocycles. The van der Waals surface area contributed by atoms with Gasteiger partial charge in [0.2, 0.25) is 5.91 Å². The van der Waals surface area contributed by atoms with Crippen LogP contribution in [0.3, 0.4) is 0 Å². The van der Waals surface area contributed by atoms with Crippen molar-refractivity contribution in [3.05, 3.63) is 122 Å². The summed E-state index contributed by atoms with van der Waals surface area (Å²) < 4.78 is 5.86. The zero-order valence-electron chi connectivity index (χ0n) is 39.7. The number of carbonyl (C=O) groups excluding carboxylic acids is 2. The van der Waals surface area contributed by atoms with Crippen LogP contribution in [0.25, 0.3) is 0 Å². The fourth-order valence-electron chi connectivity index (χ4n) is 6.69. The number of esters is 1. The molecular weight excluding hydrogens is 767 g/mol. The van der Waals surface area contributed by atoms with Crippen molar-refractivity contribution in [1.29, 1.82) is 0 Å². The van der Waals surface area contributed by atoms with Crippen molar-refractivity contribution in [2.24, 2.45) is 0 Å². The Balaban J connectivity index is 4.86. The van der Waals surface area contributed by atoms with Gasteiger partial charge in [-0.15, -0.1) is 0 Å². The number of hydrogen-bond acceptors (Lipinski definition) is 5. The maximum Gasteiger partial charge on any atom is 0.306 e. The highest BCUT2D eigenvalue weighted by molar-refractivity contribution is 5.77. The molecule has 0 aliphatic rings. The summed E-state index contributed by atoms with van der Waals surface area (Å²) >= 11 is 0. The third-order valence-corrected chi connectivity index (χ3v) is 10.4. The van der Waals surface area contributed by atoms with Crippen LogP contribution < -0.4 is 5.32 Å². The monoisotopic (exact) mass is 858 g/mol. The van der Waals surface area contributed by atoms with Crippen LogP contribution in [-0.4, -0.2) is 46.9 Å². The van der Waals surface area contributed by atoms with E-state index in [2.05, 4.69) is 86.8 Å². The molecule has 0 rings (SSSR count). The lowest BCUT2D eigenvalue weighted by atomic mass is 10.0. The second-order valence-corrected chi connectivity index (χ2v) is 16.3. The first kappa shape index (κ1) is 58.3. The molecule has 3 atom stereocenters. The molecular formula is C56H91NO5. The van der Waals surface area contributed by atoms with E-state index in [-0.39, 0.29) is 31.3 Å². The number of unbranched alkanes of at least 4 members (excludes halogenated alkanes) is 15. The zero-order valence-corrected chi connectivity index (χ0v) is 39.7. The largest absolute Gasteiger partial charge is 0.462 e. The van der Waals surface area contributed by atoms with Crippen molar-refractivity contribution in [1.82, 2.24) is 5.32 Å². The maximum atomic E-state index is 13.2. The summed E-state index contributed by atoms with van der Waals surface area (Å²) in [5, 5.41) is 23.7. The van der Waals surface area contributed by atoms with Crippen LogP contribution in [0.4, 0.5) is 0 Å². The Hall–Kier alpha value is -3.74. The predicted molar refractivity (Wildman–Crippen MR) is 268 cm³/mol. The lowest BCUT2D eigenvalue weighted by Crippen LogP contribution is -2.46. The molecule has 0 aliphatic carbocycles. The number of ether oxygens (including phenoxy) is 1. The molecule has 0 saturated carbocycles. The molecule has 62 heavy (non-hydrogen) atoms. The molecule has 1 amide bonds. The van der Waals surface area contributed by atoms with Crippen LogP contribution in [0, 0.1) is 0 Å². The van der Waals surface area contributed by atoms with Gasteiger partial charge in [-0.3, -0.25) is 9.59 Å². The van der Waals surface area contributed by atoms with Gasteiger partial charge in [-0.05, 0) is 77.0 Å². The first-order valence-corrected chi connectivity index (χ1v) is 24.8. The van der Waals surface area contributed by atoms with Gasteiger partial charge in [-0.25, -0.2) is 0 Å². The topological polar surface area (TPSA) is 95.9 Å². The van der Waals surface area contributed by atoms with Crippen molar-refractivity contribution < 1.29 is 24.5 Å². The molecule has 3 unspecified atom stereocenters. The molecule has 6 nitrogen and oxygen atoms in total. The van der Waals surface area contributed by atoms with Gasteiger partial charge in [0.1, 0.15) is 6.10 Å². The normalized spacial score (nSPS) is 14.3. The van der Waals surface area contributed by atoms with Crippen LogP contribution in [0.15, 0.2) is 122 Å². The van der Waals surface area contributed by atoms with Crippen molar-refractivity contribution >= 4 is 11.9 Å². The van der Waals surface area contributed by atoms with E-state index < -0.39 is 18.2 Å². The Kier molecular flexibility index (Phi) is 45.4. The smallest absolute Gasteiger partial charge is 0.306 e. The van der Waals surface area contributed by atoms with Crippen molar-refractivity contribution in [2.75, 3.05) is 6.61 Å². The minimum atomic E-state index is -0.824. The Morgan fingerprint density at radius 1 is 0.500 bits per heavy atom. The Labute approximate surface area is 380 Å². The Bertz CT molecular complexity index is 1330. The van der Waals surface area contributed by atoms with Gasteiger partial charge in [-0.2, -0.15) is 0 Å². The molecule has 0 radical (unpaired) electrons. The number of aliphatic hydroxyl groups excluding tert-OH is 2. The molecule has 0 aromatic rings. The first-order valence-electron chi connectivity index (χ1n) is 24.8. The van der Waals surface area contributed by atoms with Gasteiger partial charge in [0.15, 0.2) is 0 Å². The predicted octanol–water partition coefficient (Wildman–Crippen LogP) is 14.9. The summed E-state index contributed by atoms with van der Waals surface area (Å²) in [6.07, 6.45) is 66.9. The van der Waals surface area contributed by atoms with E-state index >= 15 is 0 Å². The molecule has 0 spiro atoms. The van der Waals surface area contributed by atoms with E-state index in [9.17, 15) is 19.8 Å². The molecule has 0 bridgehead atoms. The highest BCUT2D eigenvalue weighted by Crippen LogP contribution is 2.16. The molecule has 0 aromatic carbocycles. The van der Waals surface area contributed by atoms with Crippen molar-refractivity contribution in [3.63, 3.8) is 0 Å². The van der Waals surface area contributed by atoms with Crippen LogP contribution in [0.2, 0.25) is 0 Å². The third-order valence-electron chi connectivity index (χ3n) is 10.4. The first-order chi connectivity index (χ1) is 30.5. The maximum absolute atomic E-state index is 13.2. The standard InChI is InChI=1S/C56H91NO5/c1-4-7-10-13-16-19-22-24-26-27-29-31-34-37-40-43-46-49-56(61)62-52(47-44-41-38-35-33-30-28-25-23-20-17-14-11-8-5-2)50-55(60)57-53(51-58)54(59)48-45-42-39-36-32-21-18-15-12-9-6-3/h8,11,14,16-17,19-20,23-26,28-31,33,35,37-38,40,52-54,58-59H,4-7,9-10,12-13,15,18,21-22,27,32,34,36,39,41-51H2,1-3H3,(H,57,60)/b11-8-,17-14+,19-16-,23-20+,26-24-,28-25-,31-29-,33-30+,38-35+,40-37-. The lowest BCUT2D eigenvalue weighted by Gasteiger charge is -2.24. The van der Waals surface area contributed by atoms with Gasteiger partial charge in [0.25, 0.3) is 0 Å². The van der Waals surface area contributed by atoms with E-state index in [1.165, 1.54) is 77.0 Å². The number of carbonyl (C=O) groups is 2. The van der Waals surface area contributed by atoms with Crippen molar-refractivity contribution in [3.8, 4) is 0 Å². The SMILES string of the molecule is CC\C=C/C=C/C=C/C=C\C=C\C=C\CCCC(CC(=O)NC(CO)C(O)CCCCCCCCCCCCC)OC(=O)CCC/C=C\C/C=C\C/C=C\C/C=C\CCCCC. The minimum absolute atomic E-state index is 0.00339. The lowest BCUT2D eigenvalue weighted by molar-refractivity contribution is -0.151. The quantitative estimate of drug-likeness (QED) is 0.0246. The van der Waals surface area contributed by atoms with E-state index in [4.69, 9.17) is 4.74 Å². The number of allylic oxidation sites excluding steroid dienone is 20. The summed E-state index contributed by atoms with van der Waals surface area (Å²) in [4.78, 5) is 26.1. The summed E-state index contributed by atoms with van der Waals surface area (Å²) in [6.45, 7) is 6.25. The van der Waals surface area contributed by atoms with Crippen LogP contribution >= 0.6 is 0 Å². The highest BCUT2D eigenvalue weighted by Gasteiger charge is 2.23. The molecule has 0 fully saturated rings. The Morgan fingerprint density at radius 2 is 0.952 bits per heavy atom. The number of aliphatic hydroxyl groups is 2. The average molecular weight is 858 g/mol. The van der Waals surface area contributed by atoms with Crippen LogP contribution in [0.5, 0.6) is 0 Å². The van der Waals surface area contributed by atoms with Gasteiger partial charge in [0.05, 0.1) is 25.2 Å². The summed E-state index contributed by atoms with van der Waals surface area (Å²) in [5.74, 6) is -0.630. The van der Waals surface area contributed by atoms with E-state index in [0.29, 0.717) is 19.3 Å². The van der Waals surface area contributed by atoms with Gasteiger partial charge in [0, 0.05) is 6.42 Å². The Morgan fingerprint density at radius 3 is 1.48 bits per heavy atom. The second-order valence-electron chi connectivity index (χ2n) is 16.3. The van der Waals surface area contributed by atoms with Crippen LogP contribution in [0.1, 0.15) is 194 Å². The fraction of sp³-hybridized carbons (Fsp3) is 0.607. The molecule has 3 N–H and O–H groups in total. The van der Waals surface area contributed by atoms with E-state index in [1.807, 2.05) is 60.8 Å². The number of hydrogen-bond donors (Lipinski definition) is 3. The fourth-order valence-corrected chi connectivity index (χ4v) is 6.69. The molecule has 350 valence electrons. The second kappa shape index (κ2) is 48.3. The average Bonchev–Trinajstić information content (AvgIpc) is 3.26. The van der Waals surface area contributed by atoms with E-state index in [1.54, 1.807) is 0 Å². The van der Waals surface area contributed by atoms with Gasteiger partial charge < -0.3 is 20.3 Å². The van der Waals surface area contributed by atoms with Gasteiger partial charge in [-0.1, -0.05) is 226 Å². The zero-order chi connectivity index (χ0) is 45.2.